The maximum absolute atomic E-state index is 11.6. The first kappa shape index (κ1) is 13.4. The molecule has 1 aliphatic heterocycles. The number of thioether (sulfide) groups is 1. The summed E-state index contributed by atoms with van der Waals surface area (Å²) >= 11 is 1.80. The third kappa shape index (κ3) is 2.87. The van der Waals surface area contributed by atoms with E-state index in [-0.39, 0.29) is 18.1 Å². The van der Waals surface area contributed by atoms with Crippen molar-refractivity contribution in [2.75, 3.05) is 18.6 Å². The highest BCUT2D eigenvalue weighted by molar-refractivity contribution is 7.99. The van der Waals surface area contributed by atoms with Gasteiger partial charge in [-0.2, -0.15) is 11.8 Å². The Morgan fingerprint density at radius 3 is 2.78 bits per heavy atom. The van der Waals surface area contributed by atoms with Crippen molar-refractivity contribution in [3.8, 4) is 0 Å². The van der Waals surface area contributed by atoms with E-state index in [1.807, 2.05) is 0 Å². The lowest BCUT2D eigenvalue weighted by atomic mass is 10.0. The van der Waals surface area contributed by atoms with Crippen molar-refractivity contribution < 1.29 is 9.53 Å². The van der Waals surface area contributed by atoms with Crippen LogP contribution in [0.3, 0.4) is 0 Å². The van der Waals surface area contributed by atoms with Crippen LogP contribution in [0.5, 0.6) is 0 Å². The van der Waals surface area contributed by atoms with E-state index in [1.165, 1.54) is 23.8 Å². The highest BCUT2D eigenvalue weighted by Crippen LogP contribution is 2.26. The highest BCUT2D eigenvalue weighted by atomic mass is 32.2. The molecule has 0 aliphatic carbocycles. The topological polar surface area (TPSA) is 38.3 Å². The van der Waals surface area contributed by atoms with Crippen molar-refractivity contribution in [1.82, 2.24) is 5.32 Å². The Kier molecular flexibility index (Phi) is 4.30. The van der Waals surface area contributed by atoms with Gasteiger partial charge in [-0.05, 0) is 30.5 Å². The standard InChI is InChI=1S/C14H19NO2S/c1-9-4-5-11(6-10(9)2)12-7-18-8-13(15-12)14(16)17-3/h4-6,12-13,15H,7-8H2,1-3H3. The lowest BCUT2D eigenvalue weighted by molar-refractivity contribution is -0.142. The number of nitrogens with one attached hydrogen (secondary N) is 1. The van der Waals surface area contributed by atoms with E-state index in [4.69, 9.17) is 4.74 Å². The van der Waals surface area contributed by atoms with Crippen LogP contribution in [0.4, 0.5) is 0 Å². The quantitative estimate of drug-likeness (QED) is 0.832. The molecule has 0 radical (unpaired) electrons. The second-order valence-corrected chi connectivity index (χ2v) is 5.75. The Morgan fingerprint density at radius 1 is 1.33 bits per heavy atom. The number of rotatable bonds is 2. The summed E-state index contributed by atoms with van der Waals surface area (Å²) in [4.78, 5) is 11.6. The van der Waals surface area contributed by atoms with Gasteiger partial charge < -0.3 is 4.74 Å². The lowest BCUT2D eigenvalue weighted by Crippen LogP contribution is -2.45. The van der Waals surface area contributed by atoms with Crippen LogP contribution in [0.2, 0.25) is 0 Å². The first-order valence-corrected chi connectivity index (χ1v) is 7.26. The van der Waals surface area contributed by atoms with Crippen molar-refractivity contribution in [3.63, 3.8) is 0 Å². The summed E-state index contributed by atoms with van der Waals surface area (Å²) in [5, 5.41) is 3.37. The Balaban J connectivity index is 2.13. The van der Waals surface area contributed by atoms with Gasteiger partial charge in [-0.25, -0.2) is 0 Å². The summed E-state index contributed by atoms with van der Waals surface area (Å²) in [7, 11) is 1.44. The van der Waals surface area contributed by atoms with Gasteiger partial charge in [0.2, 0.25) is 0 Å². The van der Waals surface area contributed by atoms with E-state index in [2.05, 4.69) is 37.4 Å². The molecule has 0 amide bonds. The molecule has 18 heavy (non-hydrogen) atoms. The molecule has 0 saturated carbocycles. The number of carbonyl (C=O) groups excluding carboxylic acids is 1. The molecule has 1 aromatic carbocycles. The molecule has 2 rings (SSSR count). The van der Waals surface area contributed by atoms with Crippen molar-refractivity contribution >= 4 is 17.7 Å². The van der Waals surface area contributed by atoms with Gasteiger partial charge in [0.1, 0.15) is 6.04 Å². The molecular formula is C14H19NO2S. The van der Waals surface area contributed by atoms with E-state index >= 15 is 0 Å². The third-order valence-electron chi connectivity index (χ3n) is 3.39. The number of hydrogen-bond donors (Lipinski definition) is 1. The van der Waals surface area contributed by atoms with Crippen LogP contribution >= 0.6 is 11.8 Å². The fourth-order valence-electron chi connectivity index (χ4n) is 2.09. The molecule has 2 atom stereocenters. The zero-order valence-corrected chi connectivity index (χ0v) is 11.8. The fraction of sp³-hybridized carbons (Fsp3) is 0.500. The normalized spacial score (nSPS) is 23.7. The molecule has 1 saturated heterocycles. The van der Waals surface area contributed by atoms with Gasteiger partial charge in [-0.3, -0.25) is 10.1 Å². The first-order chi connectivity index (χ1) is 8.61. The molecule has 2 unspecified atom stereocenters. The van der Waals surface area contributed by atoms with Crippen LogP contribution in [0.1, 0.15) is 22.7 Å². The van der Waals surface area contributed by atoms with Gasteiger partial charge in [-0.1, -0.05) is 18.2 Å². The smallest absolute Gasteiger partial charge is 0.323 e. The molecule has 0 bridgehead atoms. The van der Waals surface area contributed by atoms with Gasteiger partial charge in [0.15, 0.2) is 0 Å². The van der Waals surface area contributed by atoms with Crippen LogP contribution in [0, 0.1) is 13.8 Å². The molecule has 98 valence electrons. The highest BCUT2D eigenvalue weighted by Gasteiger charge is 2.28. The lowest BCUT2D eigenvalue weighted by Gasteiger charge is -2.29. The van der Waals surface area contributed by atoms with Gasteiger partial charge in [0.25, 0.3) is 0 Å². The molecule has 1 aliphatic rings. The van der Waals surface area contributed by atoms with Gasteiger partial charge in [0.05, 0.1) is 7.11 Å². The molecule has 1 heterocycles. The molecule has 0 spiro atoms. The summed E-state index contributed by atoms with van der Waals surface area (Å²) in [6.45, 7) is 4.23. The van der Waals surface area contributed by atoms with Crippen LogP contribution in [0.25, 0.3) is 0 Å². The van der Waals surface area contributed by atoms with Gasteiger partial charge >= 0.3 is 5.97 Å². The molecule has 3 nitrogen and oxygen atoms in total. The molecule has 1 aromatic rings. The van der Waals surface area contributed by atoms with Crippen LogP contribution < -0.4 is 5.32 Å². The Bertz CT molecular complexity index is 447. The van der Waals surface area contributed by atoms with E-state index < -0.39 is 0 Å². The average Bonchev–Trinajstić information content (AvgIpc) is 2.41. The summed E-state index contributed by atoms with van der Waals surface area (Å²) in [5.74, 6) is 1.61. The summed E-state index contributed by atoms with van der Waals surface area (Å²) < 4.78 is 4.80. The predicted molar refractivity (Wildman–Crippen MR) is 74.9 cm³/mol. The van der Waals surface area contributed by atoms with Crippen molar-refractivity contribution in [3.05, 3.63) is 34.9 Å². The van der Waals surface area contributed by atoms with Crippen molar-refractivity contribution in [2.45, 2.75) is 25.9 Å². The van der Waals surface area contributed by atoms with E-state index in [1.54, 1.807) is 11.8 Å². The summed E-state index contributed by atoms with van der Waals surface area (Å²) in [6.07, 6.45) is 0. The Labute approximate surface area is 112 Å². The minimum absolute atomic E-state index is 0.170. The van der Waals surface area contributed by atoms with Crippen LogP contribution in [0.15, 0.2) is 18.2 Å². The van der Waals surface area contributed by atoms with E-state index in [9.17, 15) is 4.79 Å². The van der Waals surface area contributed by atoms with E-state index in [0.29, 0.717) is 0 Å². The van der Waals surface area contributed by atoms with E-state index in [0.717, 1.165) is 11.5 Å². The number of methoxy groups -OCH3 is 1. The Hall–Kier alpha value is -1.00. The SMILES string of the molecule is COC(=O)C1CSCC(c2ccc(C)c(C)c2)N1. The molecule has 4 heteroatoms. The van der Waals surface area contributed by atoms with Gasteiger partial charge in [-0.15, -0.1) is 0 Å². The van der Waals surface area contributed by atoms with Crippen molar-refractivity contribution in [2.24, 2.45) is 0 Å². The minimum atomic E-state index is -0.194. The largest absolute Gasteiger partial charge is 0.468 e. The average molecular weight is 265 g/mol. The van der Waals surface area contributed by atoms with Crippen molar-refractivity contribution in [1.29, 1.82) is 0 Å². The number of hydrogen-bond acceptors (Lipinski definition) is 4. The Morgan fingerprint density at radius 2 is 2.11 bits per heavy atom. The number of benzene rings is 1. The van der Waals surface area contributed by atoms with Crippen LogP contribution in [-0.2, 0) is 9.53 Å². The number of ether oxygens (including phenoxy) is 1. The minimum Gasteiger partial charge on any atom is -0.468 e. The maximum Gasteiger partial charge on any atom is 0.323 e. The third-order valence-corrected chi connectivity index (χ3v) is 4.53. The fourth-order valence-corrected chi connectivity index (χ4v) is 3.22. The zero-order valence-electron chi connectivity index (χ0n) is 11.0. The summed E-state index contributed by atoms with van der Waals surface area (Å²) in [6, 6.07) is 6.51. The summed E-state index contributed by atoms with van der Waals surface area (Å²) in [5.41, 5.74) is 3.84. The molecular weight excluding hydrogens is 246 g/mol. The van der Waals surface area contributed by atoms with Crippen LogP contribution in [-0.4, -0.2) is 30.6 Å². The number of esters is 1. The van der Waals surface area contributed by atoms with Gasteiger partial charge in [0, 0.05) is 17.5 Å². The predicted octanol–water partition coefficient (Wildman–Crippen LogP) is 2.22. The second kappa shape index (κ2) is 5.76. The molecule has 1 fully saturated rings. The molecule has 0 aromatic heterocycles. The number of carbonyl (C=O) groups is 1. The maximum atomic E-state index is 11.6. The first-order valence-electron chi connectivity index (χ1n) is 6.10. The molecule has 1 N–H and O–H groups in total. The second-order valence-electron chi connectivity index (χ2n) is 4.68. The number of aryl methyl sites for hydroxylation is 2. The zero-order chi connectivity index (χ0) is 13.1. The monoisotopic (exact) mass is 265 g/mol.